The van der Waals surface area contributed by atoms with Crippen molar-refractivity contribution in [2.75, 3.05) is 18.1 Å². The Morgan fingerprint density at radius 2 is 1.97 bits per heavy atom. The van der Waals surface area contributed by atoms with E-state index in [0.717, 1.165) is 12.6 Å². The number of aromatic nitrogens is 2. The Morgan fingerprint density at radius 1 is 1.29 bits per heavy atom. The lowest BCUT2D eigenvalue weighted by Gasteiger charge is -2.38. The Kier molecular flexibility index (Phi) is 11.0. The quantitative estimate of drug-likeness (QED) is 0.280. The first-order valence-corrected chi connectivity index (χ1v) is 14.7. The lowest BCUT2D eigenvalue weighted by molar-refractivity contribution is -0.00754. The van der Waals surface area contributed by atoms with Crippen molar-refractivity contribution in [3.05, 3.63) is 58.1 Å². The Bertz CT molecular complexity index is 1160. The van der Waals surface area contributed by atoms with Crippen LogP contribution in [0.5, 0.6) is 0 Å². The van der Waals surface area contributed by atoms with Gasteiger partial charge in [0.05, 0.1) is 25.2 Å². The normalized spacial score (nSPS) is 20.2. The van der Waals surface area contributed by atoms with Crippen molar-refractivity contribution in [3.8, 4) is 6.07 Å². The molecule has 2 heterocycles. The Labute approximate surface area is 227 Å². The van der Waals surface area contributed by atoms with Crippen molar-refractivity contribution in [2.24, 2.45) is 5.92 Å². The number of anilines is 1. The minimum Gasteiger partial charge on any atom is -0.354 e. The van der Waals surface area contributed by atoms with Gasteiger partial charge in [-0.2, -0.15) is 10.2 Å². The van der Waals surface area contributed by atoms with Gasteiger partial charge in [-0.05, 0) is 65.5 Å². The van der Waals surface area contributed by atoms with Crippen LogP contribution < -0.4 is 11.0 Å². The largest absolute Gasteiger partial charge is 0.354 e. The molecule has 206 valence electrons. The summed E-state index contributed by atoms with van der Waals surface area (Å²) in [5.74, 6) is 0.134. The molecule has 1 aliphatic heterocycles. The molecule has 38 heavy (non-hydrogen) atoms. The standard InChI is InChI=1S/C28H40N5O4P/c1-7-24-23(18-38(36-15-11-14-29)33(19(2)3)20(4)5)16-25(37-24)32-17-21(6)26(31-28(32)35)30-27(34)22-12-9-8-10-13-22/h8-10,12-13,17,19-20,23-25H,7,11,15-16,18H2,1-6H3,(H,30,31,34,35). The molecule has 1 amide bonds. The zero-order valence-corrected chi connectivity index (χ0v) is 24.1. The lowest BCUT2D eigenvalue weighted by Crippen LogP contribution is -2.35. The van der Waals surface area contributed by atoms with E-state index >= 15 is 0 Å². The highest BCUT2D eigenvalue weighted by Gasteiger charge is 2.39. The molecule has 1 saturated heterocycles. The topological polar surface area (TPSA) is 109 Å². The number of nitriles is 1. The molecule has 1 aliphatic rings. The van der Waals surface area contributed by atoms with Crippen molar-refractivity contribution in [1.82, 2.24) is 14.2 Å². The summed E-state index contributed by atoms with van der Waals surface area (Å²) in [5.41, 5.74) is 0.718. The molecule has 1 N–H and O–H groups in total. The highest BCUT2D eigenvalue weighted by molar-refractivity contribution is 7.50. The fourth-order valence-electron chi connectivity index (χ4n) is 4.97. The second-order valence-electron chi connectivity index (χ2n) is 10.2. The molecule has 0 radical (unpaired) electrons. The summed E-state index contributed by atoms with van der Waals surface area (Å²) in [5, 5.41) is 11.8. The SMILES string of the molecule is CCC1OC(n2cc(C)c(NC(=O)c3ccccc3)nc2=O)CC1CP(OCCC#N)N(C(C)C)C(C)C. The van der Waals surface area contributed by atoms with E-state index in [9.17, 15) is 9.59 Å². The van der Waals surface area contributed by atoms with Gasteiger partial charge in [-0.25, -0.2) is 4.79 Å². The van der Waals surface area contributed by atoms with E-state index in [1.165, 1.54) is 4.57 Å². The maximum Gasteiger partial charge on any atom is 0.351 e. The van der Waals surface area contributed by atoms with E-state index in [1.54, 1.807) is 30.5 Å². The number of ether oxygens (including phenoxy) is 1. The number of nitrogens with zero attached hydrogens (tertiary/aromatic N) is 4. The van der Waals surface area contributed by atoms with Crippen molar-refractivity contribution >= 4 is 20.0 Å². The van der Waals surface area contributed by atoms with Gasteiger partial charge in [-0.1, -0.05) is 25.1 Å². The van der Waals surface area contributed by atoms with Gasteiger partial charge in [0.15, 0.2) is 0 Å². The number of carbonyl (C=O) groups is 1. The van der Waals surface area contributed by atoms with Crippen LogP contribution in [0.15, 0.2) is 41.3 Å². The average Bonchev–Trinajstić information content (AvgIpc) is 3.28. The molecule has 0 saturated carbocycles. The van der Waals surface area contributed by atoms with Gasteiger partial charge in [0, 0.05) is 35.6 Å². The molecule has 3 rings (SSSR count). The number of hydrogen-bond acceptors (Lipinski definition) is 7. The number of hydrogen-bond donors (Lipinski definition) is 1. The highest BCUT2D eigenvalue weighted by Crippen LogP contribution is 2.50. The van der Waals surface area contributed by atoms with Gasteiger partial charge in [0.1, 0.15) is 20.3 Å². The molecule has 1 aromatic heterocycles. The second kappa shape index (κ2) is 14.0. The molecule has 4 atom stereocenters. The lowest BCUT2D eigenvalue weighted by atomic mass is 10.0. The first-order valence-electron chi connectivity index (χ1n) is 13.3. The smallest absolute Gasteiger partial charge is 0.351 e. The predicted molar refractivity (Wildman–Crippen MR) is 150 cm³/mol. The summed E-state index contributed by atoms with van der Waals surface area (Å²) < 4.78 is 16.6. The molecule has 0 aliphatic carbocycles. The van der Waals surface area contributed by atoms with Crippen LogP contribution in [0.4, 0.5) is 5.82 Å². The van der Waals surface area contributed by atoms with Crippen molar-refractivity contribution < 1.29 is 14.1 Å². The summed E-state index contributed by atoms with van der Waals surface area (Å²) in [7, 11) is -0.945. The maximum absolute atomic E-state index is 13.0. The van der Waals surface area contributed by atoms with Gasteiger partial charge in [-0.3, -0.25) is 14.0 Å². The third-order valence-corrected chi connectivity index (χ3v) is 9.34. The Hall–Kier alpha value is -2.63. The van der Waals surface area contributed by atoms with Gasteiger partial charge < -0.3 is 14.6 Å². The second-order valence-corrected chi connectivity index (χ2v) is 11.9. The van der Waals surface area contributed by atoms with Crippen LogP contribution >= 0.6 is 8.30 Å². The summed E-state index contributed by atoms with van der Waals surface area (Å²) in [6.07, 6.45) is 3.91. The third-order valence-electron chi connectivity index (χ3n) is 6.64. The van der Waals surface area contributed by atoms with E-state index in [1.807, 2.05) is 13.0 Å². The average molecular weight is 542 g/mol. The Morgan fingerprint density at radius 3 is 2.58 bits per heavy atom. The van der Waals surface area contributed by atoms with Crippen molar-refractivity contribution in [3.63, 3.8) is 0 Å². The highest BCUT2D eigenvalue weighted by atomic mass is 31.2. The van der Waals surface area contributed by atoms with Crippen LogP contribution in [0.2, 0.25) is 0 Å². The summed E-state index contributed by atoms with van der Waals surface area (Å²) in [6, 6.07) is 11.6. The molecule has 1 aromatic carbocycles. The number of carbonyl (C=O) groups excluding carboxylic acids is 1. The zero-order chi connectivity index (χ0) is 27.8. The maximum atomic E-state index is 13.0. The number of benzene rings is 1. The monoisotopic (exact) mass is 541 g/mol. The summed E-state index contributed by atoms with van der Waals surface area (Å²) in [4.78, 5) is 29.8. The molecular weight excluding hydrogens is 501 g/mol. The Balaban J connectivity index is 1.78. The molecule has 9 nitrogen and oxygen atoms in total. The van der Waals surface area contributed by atoms with Crippen molar-refractivity contribution in [1.29, 1.82) is 5.26 Å². The fourth-order valence-corrected chi connectivity index (χ4v) is 7.52. The van der Waals surface area contributed by atoms with E-state index in [-0.39, 0.29) is 23.7 Å². The summed E-state index contributed by atoms with van der Waals surface area (Å²) in [6.45, 7) is 13.0. The van der Waals surface area contributed by atoms with Crippen LogP contribution in [0, 0.1) is 24.2 Å². The minimum absolute atomic E-state index is 0.0181. The molecule has 10 heteroatoms. The van der Waals surface area contributed by atoms with Gasteiger partial charge in [0.25, 0.3) is 5.91 Å². The van der Waals surface area contributed by atoms with Gasteiger partial charge in [0.2, 0.25) is 0 Å². The first kappa shape index (κ1) is 29.9. The van der Waals surface area contributed by atoms with Crippen LogP contribution in [0.25, 0.3) is 0 Å². The van der Waals surface area contributed by atoms with Crippen LogP contribution in [-0.4, -0.2) is 51.1 Å². The first-order chi connectivity index (χ1) is 18.2. The number of nitrogens with one attached hydrogen (secondary N) is 1. The molecule has 1 fully saturated rings. The molecular formula is C28H40N5O4P. The summed E-state index contributed by atoms with van der Waals surface area (Å²) >= 11 is 0. The van der Waals surface area contributed by atoms with Gasteiger partial charge >= 0.3 is 5.69 Å². The van der Waals surface area contributed by atoms with E-state index in [4.69, 9.17) is 14.5 Å². The molecule has 4 unspecified atom stereocenters. The molecule has 0 bridgehead atoms. The van der Waals surface area contributed by atoms with Crippen LogP contribution in [-0.2, 0) is 9.26 Å². The van der Waals surface area contributed by atoms with E-state index in [2.05, 4.69) is 55.7 Å². The number of rotatable bonds is 12. The van der Waals surface area contributed by atoms with E-state index < -0.39 is 20.2 Å². The fraction of sp³-hybridized carbons (Fsp3) is 0.571. The zero-order valence-electron chi connectivity index (χ0n) is 23.3. The number of aryl methyl sites for hydroxylation is 1. The van der Waals surface area contributed by atoms with Crippen LogP contribution in [0.3, 0.4) is 0 Å². The number of amides is 1. The molecule has 0 spiro atoms. The molecule has 2 aromatic rings. The van der Waals surface area contributed by atoms with E-state index in [0.29, 0.717) is 42.7 Å². The predicted octanol–water partition coefficient (Wildman–Crippen LogP) is 5.48. The minimum atomic E-state index is -0.945. The van der Waals surface area contributed by atoms with Crippen LogP contribution in [0.1, 0.15) is 76.0 Å². The van der Waals surface area contributed by atoms with Gasteiger partial charge in [-0.15, -0.1) is 0 Å². The third kappa shape index (κ3) is 7.48. The van der Waals surface area contributed by atoms with Crippen molar-refractivity contribution in [2.45, 2.75) is 85.2 Å².